The number of hydrogen-bond donors (Lipinski definition) is 0. The first kappa shape index (κ1) is 26.3. The van der Waals surface area contributed by atoms with Crippen LogP contribution in [0.5, 0.6) is 0 Å². The lowest BCUT2D eigenvalue weighted by Crippen LogP contribution is -2.53. The topological polar surface area (TPSA) is 49.9 Å². The number of allylic oxidation sites excluding steroid dienone is 1. The number of rotatable bonds is 5. The van der Waals surface area contributed by atoms with Crippen molar-refractivity contribution in [1.29, 1.82) is 0 Å². The molecule has 5 aliphatic rings. The number of ether oxygens (including phenoxy) is 1. The van der Waals surface area contributed by atoms with Crippen LogP contribution in [-0.2, 0) is 14.3 Å². The zero-order valence-corrected chi connectivity index (χ0v) is 23.9. The molecule has 0 aromatic carbocycles. The molecule has 202 valence electrons. The molecule has 1 amide bonds. The van der Waals surface area contributed by atoms with Crippen LogP contribution in [0.3, 0.4) is 0 Å². The number of amides is 1. The van der Waals surface area contributed by atoms with E-state index in [0.717, 1.165) is 42.6 Å². The van der Waals surface area contributed by atoms with Crippen molar-refractivity contribution in [3.63, 3.8) is 0 Å². The number of likely N-dealkylation sites (tertiary alicyclic amines) is 1. The van der Waals surface area contributed by atoms with Crippen LogP contribution in [0.15, 0.2) is 11.6 Å². The van der Waals surface area contributed by atoms with Gasteiger partial charge in [-0.2, -0.15) is 0 Å². The number of carbonyl (C=O) groups is 2. The Labute approximate surface area is 219 Å². The Bertz CT molecular complexity index is 913. The minimum absolute atomic E-state index is 0.0298. The molecule has 1 saturated heterocycles. The second-order valence-electron chi connectivity index (χ2n) is 13.9. The normalized spacial score (nSPS) is 42.6. The third-order valence-electron chi connectivity index (χ3n) is 11.8. The van der Waals surface area contributed by atoms with Crippen molar-refractivity contribution in [2.24, 2.45) is 40.4 Å². The highest BCUT2D eigenvalue weighted by molar-refractivity contribution is 5.83. The van der Waals surface area contributed by atoms with Gasteiger partial charge >= 0.3 is 5.97 Å². The van der Waals surface area contributed by atoms with Crippen molar-refractivity contribution in [1.82, 2.24) is 9.80 Å². The summed E-state index contributed by atoms with van der Waals surface area (Å²) in [5.74, 6) is 3.33. The number of hydrogen-bond acceptors (Lipinski definition) is 4. The summed E-state index contributed by atoms with van der Waals surface area (Å²) in [4.78, 5) is 29.6. The van der Waals surface area contributed by atoms with Crippen LogP contribution in [0.4, 0.5) is 0 Å². The summed E-state index contributed by atoms with van der Waals surface area (Å²) < 4.78 is 5.47. The number of esters is 1. The zero-order valence-electron chi connectivity index (χ0n) is 23.9. The molecule has 0 aromatic heterocycles. The summed E-state index contributed by atoms with van der Waals surface area (Å²) in [6.45, 7) is 11.9. The van der Waals surface area contributed by atoms with Gasteiger partial charge in [0.15, 0.2) is 6.10 Å². The van der Waals surface area contributed by atoms with Gasteiger partial charge in [0.25, 0.3) is 5.91 Å². The zero-order chi connectivity index (χ0) is 26.0. The van der Waals surface area contributed by atoms with Crippen LogP contribution in [0, 0.1) is 40.4 Å². The smallest absolute Gasteiger partial charge is 0.303 e. The minimum atomic E-state index is -0.665. The molecule has 1 heterocycles. The monoisotopic (exact) mass is 498 g/mol. The maximum atomic E-state index is 13.4. The fraction of sp³-hybridized carbons (Fsp3) is 0.871. The van der Waals surface area contributed by atoms with Crippen LogP contribution in [0.2, 0.25) is 0 Å². The fourth-order valence-corrected chi connectivity index (χ4v) is 10.0. The highest BCUT2D eigenvalue weighted by atomic mass is 16.5. The third-order valence-corrected chi connectivity index (χ3v) is 11.8. The van der Waals surface area contributed by atoms with E-state index in [2.05, 4.69) is 45.7 Å². The van der Waals surface area contributed by atoms with Gasteiger partial charge in [-0.05, 0) is 112 Å². The van der Waals surface area contributed by atoms with Gasteiger partial charge in [0.05, 0.1) is 0 Å². The van der Waals surface area contributed by atoms with Gasteiger partial charge in [-0.15, -0.1) is 0 Å². The molecule has 5 heteroatoms. The molecule has 5 nitrogen and oxygen atoms in total. The first-order chi connectivity index (χ1) is 17.0. The summed E-state index contributed by atoms with van der Waals surface area (Å²) in [7, 11) is 4.28. The lowest BCUT2D eigenvalue weighted by Gasteiger charge is -2.58. The quantitative estimate of drug-likeness (QED) is 0.361. The van der Waals surface area contributed by atoms with Gasteiger partial charge in [-0.1, -0.05) is 32.4 Å². The molecule has 0 aromatic rings. The van der Waals surface area contributed by atoms with E-state index in [-0.39, 0.29) is 23.3 Å². The summed E-state index contributed by atoms with van der Waals surface area (Å²) in [5, 5.41) is 0. The van der Waals surface area contributed by atoms with Crippen LogP contribution in [0.25, 0.3) is 0 Å². The number of fused-ring (bicyclic) bond motifs is 4. The van der Waals surface area contributed by atoms with Crippen molar-refractivity contribution in [2.75, 3.05) is 20.6 Å². The van der Waals surface area contributed by atoms with Gasteiger partial charge in [0.1, 0.15) is 0 Å². The molecule has 0 bridgehead atoms. The second kappa shape index (κ2) is 9.43. The van der Waals surface area contributed by atoms with E-state index in [0.29, 0.717) is 17.8 Å². The van der Waals surface area contributed by atoms with E-state index in [1.54, 1.807) is 5.57 Å². The summed E-state index contributed by atoms with van der Waals surface area (Å²) in [5.41, 5.74) is 2.46. The van der Waals surface area contributed by atoms with Crippen LogP contribution < -0.4 is 0 Å². The number of carbonyl (C=O) groups excluding carboxylic acids is 2. The Kier molecular flexibility index (Phi) is 6.88. The Morgan fingerprint density at radius 3 is 2.56 bits per heavy atom. The first-order valence-corrected chi connectivity index (χ1v) is 14.8. The molecular weight excluding hydrogens is 448 g/mol. The Hall–Kier alpha value is -1.36. The van der Waals surface area contributed by atoms with E-state index in [9.17, 15) is 9.59 Å². The van der Waals surface area contributed by atoms with E-state index < -0.39 is 6.10 Å². The molecule has 4 aliphatic carbocycles. The highest BCUT2D eigenvalue weighted by Crippen LogP contribution is 2.68. The molecule has 9 atom stereocenters. The standard InChI is InChI=1S/C31H50N2O3/c1-19(2)16-28(36-21(4)34)29(35)33(7)23-12-14-30(5)22(17-23)8-9-24-26(30)13-15-31-18-32(6)20(3)25(31)10-11-27(24)31/h8,19-20,23-28H,9-18H2,1-7H3/t20-,23-,24+,25+,26-,27-,28+,30-,31-/m0/s1. The van der Waals surface area contributed by atoms with Gasteiger partial charge in [0.2, 0.25) is 0 Å². The van der Waals surface area contributed by atoms with Gasteiger partial charge < -0.3 is 14.5 Å². The van der Waals surface area contributed by atoms with Gasteiger partial charge in [-0.3, -0.25) is 9.59 Å². The largest absolute Gasteiger partial charge is 0.452 e. The van der Waals surface area contributed by atoms with E-state index in [4.69, 9.17) is 4.74 Å². The molecule has 5 rings (SSSR count). The summed E-state index contributed by atoms with van der Waals surface area (Å²) >= 11 is 0. The average molecular weight is 499 g/mol. The Morgan fingerprint density at radius 1 is 1.14 bits per heavy atom. The molecule has 3 saturated carbocycles. The molecule has 4 fully saturated rings. The Morgan fingerprint density at radius 2 is 1.86 bits per heavy atom. The highest BCUT2D eigenvalue weighted by Gasteiger charge is 2.64. The molecular formula is C31H50N2O3. The third kappa shape index (κ3) is 4.07. The van der Waals surface area contributed by atoms with Crippen molar-refractivity contribution in [2.45, 2.75) is 111 Å². The van der Waals surface area contributed by atoms with Crippen LogP contribution in [0.1, 0.15) is 92.4 Å². The Balaban J connectivity index is 1.31. The van der Waals surface area contributed by atoms with Gasteiger partial charge in [-0.25, -0.2) is 0 Å². The predicted octanol–water partition coefficient (Wildman–Crippen LogP) is 5.68. The van der Waals surface area contributed by atoms with E-state index in [1.165, 1.54) is 52.0 Å². The molecule has 0 N–H and O–H groups in total. The van der Waals surface area contributed by atoms with Crippen molar-refractivity contribution < 1.29 is 14.3 Å². The van der Waals surface area contributed by atoms with Crippen molar-refractivity contribution in [3.05, 3.63) is 11.6 Å². The lowest BCUT2D eigenvalue weighted by molar-refractivity contribution is -0.160. The van der Waals surface area contributed by atoms with E-state index >= 15 is 0 Å². The number of nitrogens with zero attached hydrogens (tertiary/aromatic N) is 2. The fourth-order valence-electron chi connectivity index (χ4n) is 10.0. The summed E-state index contributed by atoms with van der Waals surface area (Å²) in [6.07, 6.45) is 12.6. The lowest BCUT2D eigenvalue weighted by atomic mass is 9.47. The number of likely N-dealkylation sites (N-methyl/N-ethyl adjacent to an activating group) is 1. The maximum Gasteiger partial charge on any atom is 0.303 e. The molecule has 1 spiro atoms. The molecule has 36 heavy (non-hydrogen) atoms. The van der Waals surface area contributed by atoms with Crippen LogP contribution >= 0.6 is 0 Å². The second-order valence-corrected chi connectivity index (χ2v) is 13.9. The average Bonchev–Trinajstić information content (AvgIpc) is 3.30. The van der Waals surface area contributed by atoms with Crippen LogP contribution in [-0.4, -0.2) is 60.5 Å². The predicted molar refractivity (Wildman–Crippen MR) is 143 cm³/mol. The first-order valence-electron chi connectivity index (χ1n) is 14.8. The van der Waals surface area contributed by atoms with E-state index in [1.807, 2.05) is 11.9 Å². The molecule has 0 radical (unpaired) electrons. The SMILES string of the molecule is CC(=O)O[C@H](CC(C)C)C(=O)N(C)[C@H]1CC[C@@]2(C)C(=CC[C@H]3[C@@H]4CC[C@@H]5[C@H](C)N(C)C[C@@]54CC[C@@H]32)C1. The minimum Gasteiger partial charge on any atom is -0.452 e. The van der Waals surface area contributed by atoms with Gasteiger partial charge in [0, 0.05) is 32.6 Å². The van der Waals surface area contributed by atoms with Crippen molar-refractivity contribution in [3.8, 4) is 0 Å². The maximum absolute atomic E-state index is 13.4. The molecule has 0 unspecified atom stereocenters. The summed E-state index contributed by atoms with van der Waals surface area (Å²) in [6, 6.07) is 0.945. The molecule has 1 aliphatic heterocycles. The van der Waals surface area contributed by atoms with Crippen molar-refractivity contribution >= 4 is 11.9 Å².